The largest absolute Gasteiger partial charge is 0.403 e. The second kappa shape index (κ2) is 5.82. The van der Waals surface area contributed by atoms with Crippen LogP contribution >= 0.6 is 11.6 Å². The number of halogens is 1. The molecule has 25 heavy (non-hydrogen) atoms. The summed E-state index contributed by atoms with van der Waals surface area (Å²) in [6.45, 7) is 0. The van der Waals surface area contributed by atoms with E-state index in [1.165, 1.54) is 0 Å². The number of aromatic nitrogens is 1. The first kappa shape index (κ1) is 15.5. The van der Waals surface area contributed by atoms with E-state index in [9.17, 15) is 14.4 Å². The molecule has 1 saturated heterocycles. The summed E-state index contributed by atoms with van der Waals surface area (Å²) in [7, 11) is 0. The van der Waals surface area contributed by atoms with Crippen LogP contribution < -0.4 is 10.5 Å². The number of rotatable bonds is 2. The number of anilines is 1. The molecule has 1 aliphatic heterocycles. The number of fused-ring (bicyclic) bond motifs is 1. The molecule has 0 atom stereocenters. The average Bonchev–Trinajstić information content (AvgIpc) is 2.93. The molecule has 1 aromatic heterocycles. The molecule has 1 aliphatic rings. The van der Waals surface area contributed by atoms with Gasteiger partial charge in [0.1, 0.15) is 0 Å². The maximum atomic E-state index is 12.2. The third-order valence-electron chi connectivity index (χ3n) is 3.99. The molecule has 0 N–H and O–H groups in total. The van der Waals surface area contributed by atoms with E-state index in [1.807, 2.05) is 0 Å². The Morgan fingerprint density at radius 2 is 1.76 bits per heavy atom. The Kier molecular flexibility index (Phi) is 3.62. The third-order valence-corrected chi connectivity index (χ3v) is 4.23. The third kappa shape index (κ3) is 2.70. The zero-order chi connectivity index (χ0) is 17.6. The van der Waals surface area contributed by atoms with Crippen molar-refractivity contribution in [3.05, 3.63) is 57.9 Å². The van der Waals surface area contributed by atoms with Crippen LogP contribution in [0.15, 0.2) is 51.7 Å². The van der Waals surface area contributed by atoms with Gasteiger partial charge in [0.15, 0.2) is 0 Å². The normalized spacial score (nSPS) is 14.5. The van der Waals surface area contributed by atoms with E-state index in [1.54, 1.807) is 42.5 Å². The monoisotopic (exact) mass is 354 g/mol. The SMILES string of the molecule is O=C1CCC(=O)N1c1cccc(-c2nc3cc(Cl)ccc3c(=O)o2)c1. The van der Waals surface area contributed by atoms with Gasteiger partial charge in [-0.2, -0.15) is 0 Å². The van der Waals surface area contributed by atoms with Gasteiger partial charge in [-0.25, -0.2) is 9.78 Å². The highest BCUT2D eigenvalue weighted by atomic mass is 35.5. The van der Waals surface area contributed by atoms with Crippen LogP contribution in [0.25, 0.3) is 22.4 Å². The fraction of sp³-hybridized carbons (Fsp3) is 0.111. The predicted octanol–water partition coefficient (Wildman–Crippen LogP) is 3.16. The van der Waals surface area contributed by atoms with E-state index in [2.05, 4.69) is 4.98 Å². The average molecular weight is 355 g/mol. The molecule has 0 unspecified atom stereocenters. The lowest BCUT2D eigenvalue weighted by atomic mass is 10.1. The van der Waals surface area contributed by atoms with Crippen molar-refractivity contribution in [1.82, 2.24) is 4.98 Å². The van der Waals surface area contributed by atoms with Gasteiger partial charge in [-0.05, 0) is 36.4 Å². The van der Waals surface area contributed by atoms with Crippen molar-refractivity contribution >= 4 is 40.0 Å². The zero-order valence-corrected chi connectivity index (χ0v) is 13.6. The molecule has 7 heteroatoms. The highest BCUT2D eigenvalue weighted by Crippen LogP contribution is 2.28. The fourth-order valence-electron chi connectivity index (χ4n) is 2.81. The van der Waals surface area contributed by atoms with Crippen LogP contribution in [0.1, 0.15) is 12.8 Å². The number of imide groups is 1. The first-order chi connectivity index (χ1) is 12.0. The van der Waals surface area contributed by atoms with E-state index < -0.39 is 5.63 Å². The molecule has 2 aromatic carbocycles. The quantitative estimate of drug-likeness (QED) is 0.660. The maximum absolute atomic E-state index is 12.2. The molecular weight excluding hydrogens is 344 g/mol. The Labute approximate surface area is 146 Å². The molecule has 0 bridgehead atoms. The van der Waals surface area contributed by atoms with Gasteiger partial charge in [0.05, 0.1) is 16.6 Å². The number of hydrogen-bond acceptors (Lipinski definition) is 5. The Hall–Kier alpha value is -2.99. The van der Waals surface area contributed by atoms with E-state index >= 15 is 0 Å². The Morgan fingerprint density at radius 1 is 1.00 bits per heavy atom. The minimum atomic E-state index is -0.532. The maximum Gasteiger partial charge on any atom is 0.347 e. The van der Waals surface area contributed by atoms with E-state index in [4.69, 9.17) is 16.0 Å². The van der Waals surface area contributed by atoms with Gasteiger partial charge in [-0.3, -0.25) is 14.5 Å². The number of benzene rings is 2. The Bertz CT molecular complexity index is 1070. The standard InChI is InChI=1S/C18H11ClN2O4/c19-11-4-5-13-14(9-11)20-17(25-18(13)24)10-2-1-3-12(8-10)21-15(22)6-7-16(21)23/h1-5,8-9H,6-7H2. The highest BCUT2D eigenvalue weighted by molar-refractivity contribution is 6.31. The summed E-state index contributed by atoms with van der Waals surface area (Å²) in [5.74, 6) is -0.399. The first-order valence-corrected chi connectivity index (χ1v) is 7.97. The summed E-state index contributed by atoms with van der Waals surface area (Å²) in [6.07, 6.45) is 0.399. The van der Waals surface area contributed by atoms with Gasteiger partial charge in [0.25, 0.3) is 0 Å². The summed E-state index contributed by atoms with van der Waals surface area (Å²) in [4.78, 5) is 41.4. The number of amides is 2. The summed E-state index contributed by atoms with van der Waals surface area (Å²) in [5.41, 5.74) is 0.803. The minimum absolute atomic E-state index is 0.0979. The van der Waals surface area contributed by atoms with Crippen molar-refractivity contribution in [2.45, 2.75) is 12.8 Å². The second-order valence-corrected chi connectivity index (χ2v) is 6.08. The lowest BCUT2D eigenvalue weighted by Gasteiger charge is -2.14. The van der Waals surface area contributed by atoms with Crippen molar-refractivity contribution in [3.8, 4) is 11.5 Å². The molecule has 6 nitrogen and oxygen atoms in total. The number of carbonyl (C=O) groups is 2. The lowest BCUT2D eigenvalue weighted by Crippen LogP contribution is -2.28. The van der Waals surface area contributed by atoms with Crippen LogP contribution in [-0.2, 0) is 9.59 Å². The molecule has 1 fully saturated rings. The number of carbonyl (C=O) groups excluding carboxylic acids is 2. The van der Waals surface area contributed by atoms with Gasteiger partial charge in [0.2, 0.25) is 17.7 Å². The van der Waals surface area contributed by atoms with Crippen molar-refractivity contribution in [1.29, 1.82) is 0 Å². The van der Waals surface area contributed by atoms with Crippen molar-refractivity contribution in [2.75, 3.05) is 4.90 Å². The molecule has 0 aliphatic carbocycles. The molecule has 0 radical (unpaired) electrons. The van der Waals surface area contributed by atoms with Crippen molar-refractivity contribution < 1.29 is 14.0 Å². The van der Waals surface area contributed by atoms with Gasteiger partial charge < -0.3 is 4.42 Å². The van der Waals surface area contributed by atoms with E-state index in [-0.39, 0.29) is 30.5 Å². The lowest BCUT2D eigenvalue weighted by molar-refractivity contribution is -0.121. The molecule has 2 amide bonds. The smallest absolute Gasteiger partial charge is 0.347 e. The van der Waals surface area contributed by atoms with Crippen LogP contribution in [0.3, 0.4) is 0 Å². The molecule has 0 spiro atoms. The van der Waals surface area contributed by atoms with Crippen molar-refractivity contribution in [2.24, 2.45) is 0 Å². The molecular formula is C18H11ClN2O4. The Morgan fingerprint density at radius 3 is 2.52 bits per heavy atom. The minimum Gasteiger partial charge on any atom is -0.403 e. The molecule has 2 heterocycles. The molecule has 0 saturated carbocycles. The van der Waals surface area contributed by atoms with Crippen LogP contribution in [-0.4, -0.2) is 16.8 Å². The van der Waals surface area contributed by atoms with Crippen molar-refractivity contribution in [3.63, 3.8) is 0 Å². The Balaban J connectivity index is 1.84. The van der Waals surface area contributed by atoms with Gasteiger partial charge in [-0.1, -0.05) is 17.7 Å². The topological polar surface area (TPSA) is 80.5 Å². The first-order valence-electron chi connectivity index (χ1n) is 7.59. The number of nitrogens with zero attached hydrogens (tertiary/aromatic N) is 2. The predicted molar refractivity (Wildman–Crippen MR) is 92.5 cm³/mol. The zero-order valence-electron chi connectivity index (χ0n) is 12.9. The highest BCUT2D eigenvalue weighted by Gasteiger charge is 2.30. The van der Waals surface area contributed by atoms with E-state index in [0.29, 0.717) is 27.2 Å². The summed E-state index contributed by atoms with van der Waals surface area (Å²) >= 11 is 5.96. The summed E-state index contributed by atoms with van der Waals surface area (Å²) < 4.78 is 5.29. The van der Waals surface area contributed by atoms with E-state index in [0.717, 1.165) is 4.90 Å². The van der Waals surface area contributed by atoms with Crippen LogP contribution in [0, 0.1) is 0 Å². The van der Waals surface area contributed by atoms with Gasteiger partial charge >= 0.3 is 5.63 Å². The van der Waals surface area contributed by atoms with Crippen LogP contribution in [0.4, 0.5) is 5.69 Å². The molecule has 4 rings (SSSR count). The van der Waals surface area contributed by atoms with Crippen LogP contribution in [0.5, 0.6) is 0 Å². The molecule has 124 valence electrons. The van der Waals surface area contributed by atoms with Crippen LogP contribution in [0.2, 0.25) is 5.02 Å². The molecule has 3 aromatic rings. The summed E-state index contributed by atoms with van der Waals surface area (Å²) in [6, 6.07) is 11.3. The van der Waals surface area contributed by atoms with Gasteiger partial charge in [-0.15, -0.1) is 0 Å². The number of hydrogen-bond donors (Lipinski definition) is 0. The summed E-state index contributed by atoms with van der Waals surface area (Å²) in [5, 5.41) is 0.785. The second-order valence-electron chi connectivity index (χ2n) is 5.64. The van der Waals surface area contributed by atoms with Gasteiger partial charge in [0, 0.05) is 23.4 Å². The fourth-order valence-corrected chi connectivity index (χ4v) is 2.98.